The van der Waals surface area contributed by atoms with Gasteiger partial charge >= 0.3 is 0 Å². The van der Waals surface area contributed by atoms with Crippen molar-refractivity contribution >= 4 is 0 Å². The molecular formula is C13H17N. The van der Waals surface area contributed by atoms with E-state index in [-0.39, 0.29) is 0 Å². The Morgan fingerprint density at radius 1 is 1.29 bits per heavy atom. The molecule has 0 spiro atoms. The van der Waals surface area contributed by atoms with Crippen LogP contribution in [0.4, 0.5) is 0 Å². The van der Waals surface area contributed by atoms with Crippen molar-refractivity contribution in [2.75, 3.05) is 0 Å². The lowest BCUT2D eigenvalue weighted by Gasteiger charge is -2.15. The average Bonchev–Trinajstić information content (AvgIpc) is 2.01. The third-order valence-electron chi connectivity index (χ3n) is 2.46. The van der Waals surface area contributed by atoms with Crippen molar-refractivity contribution in [2.24, 2.45) is 0 Å². The van der Waals surface area contributed by atoms with Gasteiger partial charge in [0, 0.05) is 0 Å². The minimum absolute atomic E-state index is 0.499. The van der Waals surface area contributed by atoms with Crippen molar-refractivity contribution < 1.29 is 0 Å². The van der Waals surface area contributed by atoms with E-state index >= 15 is 0 Å². The number of aryl methyl sites for hydroxylation is 2. The molecule has 0 aromatic heterocycles. The summed E-state index contributed by atoms with van der Waals surface area (Å²) in [6, 6.07) is 6.55. The van der Waals surface area contributed by atoms with Gasteiger partial charge in [0.1, 0.15) is 0 Å². The van der Waals surface area contributed by atoms with Gasteiger partial charge in [0.15, 0.2) is 0 Å². The Bertz CT molecular complexity index is 370. The summed E-state index contributed by atoms with van der Waals surface area (Å²) in [7, 11) is 0. The molecule has 1 aromatic rings. The van der Waals surface area contributed by atoms with Gasteiger partial charge in [-0.05, 0) is 36.5 Å². The van der Waals surface area contributed by atoms with Crippen LogP contribution in [0.15, 0.2) is 12.1 Å². The molecule has 0 fully saturated rings. The maximum absolute atomic E-state index is 8.76. The fraction of sp³-hybridized carbons (Fsp3) is 0.462. The van der Waals surface area contributed by atoms with Crippen molar-refractivity contribution in [1.82, 2.24) is 0 Å². The molecule has 0 bridgehead atoms. The zero-order valence-electron chi connectivity index (χ0n) is 9.39. The number of benzene rings is 1. The Morgan fingerprint density at radius 3 is 2.43 bits per heavy atom. The molecule has 1 rings (SSSR count). The summed E-state index contributed by atoms with van der Waals surface area (Å²) in [5, 5.41) is 8.76. The van der Waals surface area contributed by atoms with Crippen molar-refractivity contribution in [3.05, 3.63) is 34.4 Å². The first-order valence-electron chi connectivity index (χ1n) is 5.03. The first-order chi connectivity index (χ1) is 6.56. The summed E-state index contributed by atoms with van der Waals surface area (Å²) < 4.78 is 0. The topological polar surface area (TPSA) is 23.8 Å². The Labute approximate surface area is 86.4 Å². The number of hydrogen-bond donors (Lipinski definition) is 0. The molecule has 1 aromatic carbocycles. The Hall–Kier alpha value is -1.29. The van der Waals surface area contributed by atoms with E-state index in [0.717, 1.165) is 0 Å². The molecule has 0 saturated carbocycles. The predicted molar refractivity (Wildman–Crippen MR) is 59.3 cm³/mol. The summed E-state index contributed by atoms with van der Waals surface area (Å²) in [6.45, 7) is 8.57. The van der Waals surface area contributed by atoms with E-state index < -0.39 is 0 Å². The van der Waals surface area contributed by atoms with Crippen molar-refractivity contribution in [3.63, 3.8) is 0 Å². The van der Waals surface area contributed by atoms with Gasteiger partial charge in [0.05, 0.1) is 12.5 Å². The summed E-state index contributed by atoms with van der Waals surface area (Å²) in [5.74, 6) is 0.499. The SMILES string of the molecule is Cc1cc(C)c(C(C)C)c(CC#N)c1. The van der Waals surface area contributed by atoms with Crippen LogP contribution in [0.2, 0.25) is 0 Å². The van der Waals surface area contributed by atoms with Crippen LogP contribution in [0.1, 0.15) is 42.0 Å². The highest BCUT2D eigenvalue weighted by Gasteiger charge is 2.09. The fourth-order valence-electron chi connectivity index (χ4n) is 2.12. The fourth-order valence-corrected chi connectivity index (χ4v) is 2.12. The van der Waals surface area contributed by atoms with Gasteiger partial charge in [-0.2, -0.15) is 5.26 Å². The number of hydrogen-bond acceptors (Lipinski definition) is 1. The van der Waals surface area contributed by atoms with Crippen LogP contribution in [-0.4, -0.2) is 0 Å². The van der Waals surface area contributed by atoms with Crippen molar-refractivity contribution in [3.8, 4) is 6.07 Å². The number of nitrogens with zero attached hydrogens (tertiary/aromatic N) is 1. The molecule has 0 aliphatic carbocycles. The minimum atomic E-state index is 0.499. The molecule has 0 N–H and O–H groups in total. The standard InChI is InChI=1S/C13H17N/c1-9(2)13-11(4)7-10(3)8-12(13)5-6-14/h7-9H,5H2,1-4H3. The maximum atomic E-state index is 8.76. The Balaban J connectivity index is 3.30. The second-order valence-electron chi connectivity index (χ2n) is 4.14. The van der Waals surface area contributed by atoms with E-state index in [0.29, 0.717) is 12.3 Å². The van der Waals surface area contributed by atoms with Gasteiger partial charge in [-0.25, -0.2) is 0 Å². The zero-order chi connectivity index (χ0) is 10.7. The molecule has 1 nitrogen and oxygen atoms in total. The molecular weight excluding hydrogens is 170 g/mol. The first kappa shape index (κ1) is 10.8. The Morgan fingerprint density at radius 2 is 1.93 bits per heavy atom. The number of nitriles is 1. The van der Waals surface area contributed by atoms with Gasteiger partial charge in [-0.15, -0.1) is 0 Å². The smallest absolute Gasteiger partial charge is 0.0669 e. The molecule has 0 heterocycles. The second-order valence-corrected chi connectivity index (χ2v) is 4.14. The summed E-state index contributed by atoms with van der Waals surface area (Å²) in [6.07, 6.45) is 0.524. The molecule has 0 radical (unpaired) electrons. The van der Waals surface area contributed by atoms with E-state index in [1.165, 1.54) is 22.3 Å². The molecule has 0 aliphatic rings. The molecule has 0 atom stereocenters. The van der Waals surface area contributed by atoms with E-state index in [9.17, 15) is 0 Å². The van der Waals surface area contributed by atoms with E-state index in [2.05, 4.69) is 45.9 Å². The quantitative estimate of drug-likeness (QED) is 0.695. The summed E-state index contributed by atoms with van der Waals surface area (Å²) >= 11 is 0. The van der Waals surface area contributed by atoms with Gasteiger partial charge in [0.2, 0.25) is 0 Å². The first-order valence-corrected chi connectivity index (χ1v) is 5.03. The number of rotatable bonds is 2. The van der Waals surface area contributed by atoms with E-state index in [1.807, 2.05) is 0 Å². The van der Waals surface area contributed by atoms with Crippen LogP contribution in [0.5, 0.6) is 0 Å². The monoisotopic (exact) mass is 187 g/mol. The van der Waals surface area contributed by atoms with Gasteiger partial charge in [-0.3, -0.25) is 0 Å². The molecule has 0 aliphatic heterocycles. The van der Waals surface area contributed by atoms with Crippen LogP contribution in [0.25, 0.3) is 0 Å². The lowest BCUT2D eigenvalue weighted by Crippen LogP contribution is -2.00. The zero-order valence-corrected chi connectivity index (χ0v) is 9.39. The molecule has 0 unspecified atom stereocenters. The van der Waals surface area contributed by atoms with Crippen LogP contribution in [-0.2, 0) is 6.42 Å². The molecule has 74 valence electrons. The van der Waals surface area contributed by atoms with Crippen molar-refractivity contribution in [2.45, 2.75) is 40.0 Å². The molecule has 14 heavy (non-hydrogen) atoms. The highest BCUT2D eigenvalue weighted by atomic mass is 14.2. The second kappa shape index (κ2) is 4.28. The molecule has 0 saturated heterocycles. The normalized spacial score (nSPS) is 10.3. The van der Waals surface area contributed by atoms with E-state index in [4.69, 9.17) is 5.26 Å². The summed E-state index contributed by atoms with van der Waals surface area (Å²) in [5.41, 5.74) is 5.10. The molecule has 0 amide bonds. The van der Waals surface area contributed by atoms with Gasteiger partial charge < -0.3 is 0 Å². The van der Waals surface area contributed by atoms with E-state index in [1.54, 1.807) is 0 Å². The third kappa shape index (κ3) is 2.14. The lowest BCUT2D eigenvalue weighted by molar-refractivity contribution is 0.839. The van der Waals surface area contributed by atoms with Crippen LogP contribution in [0, 0.1) is 25.2 Å². The maximum Gasteiger partial charge on any atom is 0.0669 e. The van der Waals surface area contributed by atoms with Crippen LogP contribution >= 0.6 is 0 Å². The highest BCUT2D eigenvalue weighted by molar-refractivity contribution is 5.41. The highest BCUT2D eigenvalue weighted by Crippen LogP contribution is 2.25. The van der Waals surface area contributed by atoms with Gasteiger partial charge in [-0.1, -0.05) is 31.5 Å². The largest absolute Gasteiger partial charge is 0.198 e. The minimum Gasteiger partial charge on any atom is -0.198 e. The third-order valence-corrected chi connectivity index (χ3v) is 2.46. The predicted octanol–water partition coefficient (Wildman–Crippen LogP) is 3.49. The Kier molecular flexibility index (Phi) is 3.30. The summed E-state index contributed by atoms with van der Waals surface area (Å²) in [4.78, 5) is 0. The molecule has 1 heteroatoms. The average molecular weight is 187 g/mol. The van der Waals surface area contributed by atoms with Crippen LogP contribution < -0.4 is 0 Å². The van der Waals surface area contributed by atoms with Gasteiger partial charge in [0.25, 0.3) is 0 Å². The van der Waals surface area contributed by atoms with Crippen LogP contribution in [0.3, 0.4) is 0 Å². The van der Waals surface area contributed by atoms with Crippen molar-refractivity contribution in [1.29, 1.82) is 5.26 Å². The lowest BCUT2D eigenvalue weighted by atomic mass is 9.90.